The standard InChI is InChI=1S/C12H13N7OS/c1-18-7-10(16-17-18)11(20)13-5-3-9-8-21-12(15-9)19-6-2-4-14-19/h2,4,6-8H,3,5H2,1H3,(H,13,20). The maximum Gasteiger partial charge on any atom is 0.273 e. The molecule has 0 aromatic carbocycles. The minimum atomic E-state index is -0.231. The van der Waals surface area contributed by atoms with Crippen LogP contribution in [-0.2, 0) is 13.5 Å². The summed E-state index contributed by atoms with van der Waals surface area (Å²) in [7, 11) is 1.72. The number of hydrogen-bond acceptors (Lipinski definition) is 6. The van der Waals surface area contributed by atoms with Crippen LogP contribution in [0.3, 0.4) is 0 Å². The first-order valence-corrected chi connectivity index (χ1v) is 7.19. The van der Waals surface area contributed by atoms with Crippen molar-refractivity contribution in [2.75, 3.05) is 6.54 Å². The van der Waals surface area contributed by atoms with E-state index in [2.05, 4.69) is 25.7 Å². The van der Waals surface area contributed by atoms with Crippen molar-refractivity contribution in [2.24, 2.45) is 7.05 Å². The fourth-order valence-corrected chi connectivity index (χ4v) is 2.54. The maximum atomic E-state index is 11.8. The van der Waals surface area contributed by atoms with Gasteiger partial charge in [0.25, 0.3) is 5.91 Å². The lowest BCUT2D eigenvalue weighted by atomic mass is 10.3. The number of nitrogens with zero attached hydrogens (tertiary/aromatic N) is 6. The van der Waals surface area contributed by atoms with E-state index >= 15 is 0 Å². The lowest BCUT2D eigenvalue weighted by Crippen LogP contribution is -2.26. The molecule has 3 aromatic heterocycles. The van der Waals surface area contributed by atoms with Gasteiger partial charge in [0, 0.05) is 37.8 Å². The summed E-state index contributed by atoms with van der Waals surface area (Å²) in [5, 5.41) is 17.2. The SMILES string of the molecule is Cn1cc(C(=O)NCCc2csc(-n3cccn3)n2)nn1. The monoisotopic (exact) mass is 303 g/mol. The van der Waals surface area contributed by atoms with E-state index in [1.165, 1.54) is 16.0 Å². The predicted molar refractivity (Wildman–Crippen MR) is 76.3 cm³/mol. The first kappa shape index (κ1) is 13.4. The Hall–Kier alpha value is -2.55. The molecule has 0 aliphatic carbocycles. The molecule has 9 heteroatoms. The van der Waals surface area contributed by atoms with E-state index in [9.17, 15) is 4.79 Å². The summed E-state index contributed by atoms with van der Waals surface area (Å²) in [6.07, 6.45) is 5.79. The Labute approximate surface area is 124 Å². The summed E-state index contributed by atoms with van der Waals surface area (Å²) in [4.78, 5) is 16.2. The van der Waals surface area contributed by atoms with Gasteiger partial charge in [0.1, 0.15) is 0 Å². The number of carbonyl (C=O) groups excluding carboxylic acids is 1. The second kappa shape index (κ2) is 5.83. The quantitative estimate of drug-likeness (QED) is 0.738. The fraction of sp³-hybridized carbons (Fsp3) is 0.250. The molecular weight excluding hydrogens is 290 g/mol. The number of carbonyl (C=O) groups is 1. The van der Waals surface area contributed by atoms with Crippen molar-refractivity contribution in [1.29, 1.82) is 0 Å². The third-order valence-electron chi connectivity index (χ3n) is 2.74. The normalized spacial score (nSPS) is 10.7. The Morgan fingerprint density at radius 2 is 2.38 bits per heavy atom. The fourth-order valence-electron chi connectivity index (χ4n) is 1.74. The molecule has 1 amide bonds. The number of amides is 1. The van der Waals surface area contributed by atoms with E-state index in [0.29, 0.717) is 18.7 Å². The van der Waals surface area contributed by atoms with Crippen LogP contribution < -0.4 is 5.32 Å². The molecule has 0 radical (unpaired) electrons. The Bertz CT molecular complexity index is 730. The number of rotatable bonds is 5. The van der Waals surface area contributed by atoms with Gasteiger partial charge in [0.15, 0.2) is 5.69 Å². The van der Waals surface area contributed by atoms with Crippen molar-refractivity contribution < 1.29 is 4.79 Å². The third kappa shape index (κ3) is 3.14. The molecule has 0 atom stereocenters. The van der Waals surface area contributed by atoms with Crippen molar-refractivity contribution in [2.45, 2.75) is 6.42 Å². The van der Waals surface area contributed by atoms with Crippen LogP contribution in [0.5, 0.6) is 0 Å². The molecule has 21 heavy (non-hydrogen) atoms. The lowest BCUT2D eigenvalue weighted by Gasteiger charge is -2.00. The highest BCUT2D eigenvalue weighted by atomic mass is 32.1. The van der Waals surface area contributed by atoms with Gasteiger partial charge < -0.3 is 5.32 Å². The zero-order chi connectivity index (χ0) is 14.7. The zero-order valence-electron chi connectivity index (χ0n) is 11.3. The molecule has 1 N–H and O–H groups in total. The molecule has 3 rings (SSSR count). The van der Waals surface area contributed by atoms with Crippen molar-refractivity contribution in [3.63, 3.8) is 0 Å². The van der Waals surface area contributed by atoms with Crippen LogP contribution >= 0.6 is 11.3 Å². The van der Waals surface area contributed by atoms with Crippen molar-refractivity contribution in [3.05, 3.63) is 41.4 Å². The van der Waals surface area contributed by atoms with Crippen LogP contribution in [0.1, 0.15) is 16.2 Å². The van der Waals surface area contributed by atoms with Crippen LogP contribution in [0.4, 0.5) is 0 Å². The molecular formula is C12H13N7OS. The smallest absolute Gasteiger partial charge is 0.273 e. The largest absolute Gasteiger partial charge is 0.350 e. The van der Waals surface area contributed by atoms with Crippen molar-refractivity contribution >= 4 is 17.2 Å². The number of nitrogens with one attached hydrogen (secondary N) is 1. The van der Waals surface area contributed by atoms with E-state index < -0.39 is 0 Å². The second-order valence-corrected chi connectivity index (χ2v) is 5.19. The average Bonchev–Trinajstić information content (AvgIpc) is 3.19. The number of hydrogen-bond donors (Lipinski definition) is 1. The van der Waals surface area contributed by atoms with Gasteiger partial charge >= 0.3 is 0 Å². The minimum absolute atomic E-state index is 0.231. The Morgan fingerprint density at radius 3 is 3.10 bits per heavy atom. The van der Waals surface area contributed by atoms with Crippen molar-refractivity contribution in [3.8, 4) is 5.13 Å². The minimum Gasteiger partial charge on any atom is -0.350 e. The Balaban J connectivity index is 1.53. The molecule has 0 saturated heterocycles. The lowest BCUT2D eigenvalue weighted by molar-refractivity contribution is 0.0949. The number of aryl methyl sites for hydroxylation is 1. The van der Waals surface area contributed by atoms with Crippen LogP contribution in [0.15, 0.2) is 30.0 Å². The van der Waals surface area contributed by atoms with Crippen LogP contribution in [-0.4, -0.2) is 42.2 Å². The predicted octanol–water partition coefficient (Wildman–Crippen LogP) is 0.430. The maximum absolute atomic E-state index is 11.8. The molecule has 0 saturated carbocycles. The Morgan fingerprint density at radius 1 is 1.48 bits per heavy atom. The first-order valence-electron chi connectivity index (χ1n) is 6.31. The summed E-state index contributed by atoms with van der Waals surface area (Å²) in [6, 6.07) is 1.85. The Kier molecular flexibility index (Phi) is 3.73. The van der Waals surface area contributed by atoms with Gasteiger partial charge in [-0.1, -0.05) is 5.21 Å². The summed E-state index contributed by atoms with van der Waals surface area (Å²) >= 11 is 1.52. The molecule has 108 valence electrons. The highest BCUT2D eigenvalue weighted by molar-refractivity contribution is 7.12. The van der Waals surface area contributed by atoms with Gasteiger partial charge in [-0.25, -0.2) is 9.67 Å². The van der Waals surface area contributed by atoms with Crippen LogP contribution in [0.2, 0.25) is 0 Å². The molecule has 3 heterocycles. The van der Waals surface area contributed by atoms with Gasteiger partial charge in [-0.2, -0.15) is 5.10 Å². The number of thiazole rings is 1. The van der Waals surface area contributed by atoms with Crippen molar-refractivity contribution in [1.82, 2.24) is 35.1 Å². The van der Waals surface area contributed by atoms with Gasteiger partial charge in [-0.3, -0.25) is 9.48 Å². The molecule has 0 bridgehead atoms. The average molecular weight is 303 g/mol. The third-order valence-corrected chi connectivity index (χ3v) is 3.62. The van der Waals surface area contributed by atoms with Gasteiger partial charge in [0.2, 0.25) is 5.13 Å². The molecule has 3 aromatic rings. The topological polar surface area (TPSA) is 90.5 Å². The van der Waals surface area contributed by atoms with E-state index in [1.807, 2.05) is 17.6 Å². The molecule has 0 aliphatic rings. The van der Waals surface area contributed by atoms with E-state index in [4.69, 9.17) is 0 Å². The summed E-state index contributed by atoms with van der Waals surface area (Å²) in [5.74, 6) is -0.231. The van der Waals surface area contributed by atoms with E-state index in [1.54, 1.807) is 24.1 Å². The first-order chi connectivity index (χ1) is 10.2. The van der Waals surface area contributed by atoms with Gasteiger partial charge in [-0.15, -0.1) is 16.4 Å². The van der Waals surface area contributed by atoms with Crippen LogP contribution in [0, 0.1) is 0 Å². The summed E-state index contributed by atoms with van der Waals surface area (Å²) < 4.78 is 3.21. The molecule has 0 fully saturated rings. The highest BCUT2D eigenvalue weighted by Crippen LogP contribution is 2.13. The molecule has 0 aliphatic heterocycles. The summed E-state index contributed by atoms with van der Waals surface area (Å²) in [5.41, 5.74) is 1.23. The second-order valence-electron chi connectivity index (χ2n) is 4.36. The van der Waals surface area contributed by atoms with E-state index in [0.717, 1.165) is 10.8 Å². The zero-order valence-corrected chi connectivity index (χ0v) is 12.1. The van der Waals surface area contributed by atoms with E-state index in [-0.39, 0.29) is 5.91 Å². The summed E-state index contributed by atoms with van der Waals surface area (Å²) in [6.45, 7) is 0.498. The van der Waals surface area contributed by atoms with Crippen LogP contribution in [0.25, 0.3) is 5.13 Å². The van der Waals surface area contributed by atoms with Gasteiger partial charge in [0.05, 0.1) is 11.9 Å². The molecule has 0 unspecified atom stereocenters. The highest BCUT2D eigenvalue weighted by Gasteiger charge is 2.09. The van der Waals surface area contributed by atoms with Gasteiger partial charge in [-0.05, 0) is 6.07 Å². The molecule has 0 spiro atoms. The number of aromatic nitrogens is 6. The molecule has 8 nitrogen and oxygen atoms in total.